The Morgan fingerprint density at radius 3 is 2.19 bits per heavy atom. The number of benzene rings is 1. The van der Waals surface area contributed by atoms with Gasteiger partial charge in [0.1, 0.15) is 11.9 Å². The number of carbonyl (C=O) groups excluding carboxylic acids is 2. The van der Waals surface area contributed by atoms with E-state index in [1.165, 1.54) is 0 Å². The summed E-state index contributed by atoms with van der Waals surface area (Å²) in [6.07, 6.45) is 9.19. The summed E-state index contributed by atoms with van der Waals surface area (Å²) in [6.45, 7) is 15.8. The lowest BCUT2D eigenvalue weighted by molar-refractivity contribution is -0.215. The van der Waals surface area contributed by atoms with Crippen molar-refractivity contribution < 1.29 is 13.8 Å². The van der Waals surface area contributed by atoms with Gasteiger partial charge >= 0.3 is 0 Å². The second-order valence-electron chi connectivity index (χ2n) is 16.6. The van der Waals surface area contributed by atoms with Crippen LogP contribution < -0.4 is 0 Å². The minimum Gasteiger partial charge on any atom is -0.299 e. The highest BCUT2D eigenvalue weighted by Gasteiger charge is 2.72. The van der Waals surface area contributed by atoms with Crippen LogP contribution >= 0.6 is 0 Å². The maximum atomic E-state index is 14.8. The first-order valence-electron chi connectivity index (χ1n) is 16.0. The molecule has 4 nitrogen and oxygen atoms in total. The average Bonchev–Trinajstić information content (AvgIpc) is 2.93. The van der Waals surface area contributed by atoms with Gasteiger partial charge in [0.2, 0.25) is 0 Å². The Morgan fingerprint density at radius 2 is 1.55 bits per heavy atom. The summed E-state index contributed by atoms with van der Waals surface area (Å²) >= 11 is 0.669. The lowest BCUT2D eigenvalue weighted by atomic mass is 9.31. The number of nitrogens with zero attached hydrogens (tertiary/aromatic N) is 1. The molecule has 6 rings (SSSR count). The zero-order chi connectivity index (χ0) is 30.5. The van der Waals surface area contributed by atoms with Gasteiger partial charge in [0, 0.05) is 23.2 Å². The second-order valence-corrected chi connectivity index (χ2v) is 17.2. The molecule has 5 aliphatic rings. The summed E-state index contributed by atoms with van der Waals surface area (Å²) in [5.41, 5.74) is -0.229. The average molecular weight is 586 g/mol. The molecule has 224 valence electrons. The third-order valence-electron chi connectivity index (χ3n) is 14.0. The molecule has 0 heterocycles. The van der Waals surface area contributed by atoms with E-state index < -0.39 is 10.8 Å². The van der Waals surface area contributed by atoms with E-state index in [4.69, 9.17) is 0 Å². The third-order valence-corrected chi connectivity index (χ3v) is 14.8. The molecule has 0 aliphatic heterocycles. The second kappa shape index (κ2) is 9.34. The van der Waals surface area contributed by atoms with Gasteiger partial charge in [0.15, 0.2) is 5.78 Å². The number of Topliss-reactive ketones (excluding diaryl/α,β-unsaturated/α-hetero) is 2. The van der Waals surface area contributed by atoms with Crippen LogP contribution in [-0.4, -0.2) is 20.6 Å². The van der Waals surface area contributed by atoms with Crippen LogP contribution in [0.3, 0.4) is 0 Å². The van der Waals surface area contributed by atoms with Crippen molar-refractivity contribution in [3.05, 3.63) is 47.5 Å². The molecule has 0 spiro atoms. The molecule has 1 aromatic carbocycles. The number of fused-ring (bicyclic) bond motifs is 7. The lowest BCUT2D eigenvalue weighted by Crippen LogP contribution is -2.69. The molecule has 4 fully saturated rings. The quantitative estimate of drug-likeness (QED) is 0.263. The van der Waals surface area contributed by atoms with Gasteiger partial charge in [-0.3, -0.25) is 9.59 Å². The predicted octanol–water partition coefficient (Wildman–Crippen LogP) is 7.72. The fourth-order valence-electron chi connectivity index (χ4n) is 11.7. The summed E-state index contributed by atoms with van der Waals surface area (Å²) < 4.78 is 13.0. The largest absolute Gasteiger partial charge is 0.299 e. The van der Waals surface area contributed by atoms with Crippen molar-refractivity contribution in [3.8, 4) is 6.07 Å². The molecule has 0 unspecified atom stereocenters. The van der Waals surface area contributed by atoms with Crippen molar-refractivity contribution in [2.24, 2.45) is 56.2 Å². The van der Waals surface area contributed by atoms with Gasteiger partial charge in [-0.05, 0) is 89.9 Å². The lowest BCUT2D eigenvalue weighted by Gasteiger charge is -2.72. The zero-order valence-electron chi connectivity index (χ0n) is 26.5. The van der Waals surface area contributed by atoms with Crippen molar-refractivity contribution >= 4 is 27.7 Å². The van der Waals surface area contributed by atoms with E-state index in [0.717, 1.165) is 55.4 Å². The van der Waals surface area contributed by atoms with E-state index in [1.807, 2.05) is 38.1 Å². The highest BCUT2D eigenvalue weighted by Crippen LogP contribution is 2.76. The Bertz CT molecular complexity index is 1480. The van der Waals surface area contributed by atoms with E-state index >= 15 is 0 Å². The number of nitriles is 1. The number of allylic oxidation sites excluding steroid dienone is 2. The monoisotopic (exact) mass is 585 g/mol. The molecule has 42 heavy (non-hydrogen) atoms. The Hall–Kier alpha value is -2.32. The first-order valence-corrected chi connectivity index (χ1v) is 16.8. The number of carbonyl (C=O) groups is 2. The molecule has 0 N–H and O–H groups in total. The van der Waals surface area contributed by atoms with Gasteiger partial charge in [-0.15, -0.1) is 0 Å². The van der Waals surface area contributed by atoms with Gasteiger partial charge in [-0.2, -0.15) is 5.26 Å². The Balaban J connectivity index is 1.49. The van der Waals surface area contributed by atoms with Crippen molar-refractivity contribution in [2.75, 3.05) is 0 Å². The van der Waals surface area contributed by atoms with E-state index in [0.29, 0.717) is 23.5 Å². The van der Waals surface area contributed by atoms with Crippen LogP contribution in [0.25, 0.3) is 0 Å². The number of ketones is 2. The molecule has 5 heteroatoms. The van der Waals surface area contributed by atoms with Crippen LogP contribution in [0, 0.1) is 67.5 Å². The fourth-order valence-corrected chi connectivity index (χ4v) is 12.5. The van der Waals surface area contributed by atoms with Gasteiger partial charge in [-0.25, -0.2) is 4.21 Å². The van der Waals surface area contributed by atoms with E-state index in [1.54, 1.807) is 0 Å². The van der Waals surface area contributed by atoms with Crippen LogP contribution in [0.1, 0.15) is 105 Å². The maximum absolute atomic E-state index is 14.8. The van der Waals surface area contributed by atoms with Crippen LogP contribution in [0.2, 0.25) is 0 Å². The molecule has 0 amide bonds. The smallest absolute Gasteiger partial charge is 0.178 e. The van der Waals surface area contributed by atoms with Gasteiger partial charge in [0.25, 0.3) is 0 Å². The van der Waals surface area contributed by atoms with Gasteiger partial charge in [0.05, 0.1) is 21.7 Å². The third kappa shape index (κ3) is 3.72. The Kier molecular flexibility index (Phi) is 6.61. The van der Waals surface area contributed by atoms with Crippen molar-refractivity contribution in [1.29, 1.82) is 5.26 Å². The first-order chi connectivity index (χ1) is 19.6. The van der Waals surface area contributed by atoms with Gasteiger partial charge in [-0.1, -0.05) is 84.9 Å². The SMILES string of the molecule is CC1(C)CC[C@]2(C(=S=O)c3ccccc3)CC[C@]3(C)[C@H](C(=O)C[C@@H]4[C@@]5(C)C=C(C#N)C(=O)C(C)(C)[C@@H]5CC[C@]43C)[C@@H]2C1. The number of rotatable bonds is 2. The summed E-state index contributed by atoms with van der Waals surface area (Å²) in [5.74, 6) is 0.500. The van der Waals surface area contributed by atoms with Crippen molar-refractivity contribution in [3.63, 3.8) is 0 Å². The molecule has 5 aliphatic carbocycles. The normalized spacial score (nSPS) is 43.4. The van der Waals surface area contributed by atoms with Crippen LogP contribution in [0.5, 0.6) is 0 Å². The predicted molar refractivity (Wildman–Crippen MR) is 168 cm³/mol. The molecule has 1 aromatic rings. The van der Waals surface area contributed by atoms with Crippen LogP contribution in [-0.2, 0) is 20.8 Å². The Morgan fingerprint density at radius 1 is 0.881 bits per heavy atom. The Labute approximate surface area is 255 Å². The molecular weight excluding hydrogens is 538 g/mol. The molecule has 4 saturated carbocycles. The van der Waals surface area contributed by atoms with Crippen LogP contribution in [0.4, 0.5) is 0 Å². The minimum absolute atomic E-state index is 0.0479. The summed E-state index contributed by atoms with van der Waals surface area (Å²) in [5, 5.41) is 9.99. The number of hydrogen-bond acceptors (Lipinski definition) is 4. The van der Waals surface area contributed by atoms with Crippen molar-refractivity contribution in [2.45, 2.75) is 99.8 Å². The minimum atomic E-state index is -0.628. The molecule has 0 radical (unpaired) electrons. The van der Waals surface area contributed by atoms with E-state index in [-0.39, 0.29) is 56.7 Å². The molecule has 0 aromatic heterocycles. The molecule has 0 bridgehead atoms. The standard InChI is InChI=1S/C37H47NO3S/c1-32(2)15-17-37(31(42-41)23-11-9-8-10-12-23)18-16-36(7)29(25(37)21-32)26(39)19-28-34(5)20-24(22-38)30(40)33(3,4)27(34)13-14-35(28,36)6/h8-12,20,25,27-29H,13-19,21H2,1-7H3/t25-,27-,28+,29-,34-,35+,36+,37-/m0/s1. The maximum Gasteiger partial charge on any atom is 0.178 e. The topological polar surface area (TPSA) is 75.0 Å². The zero-order valence-corrected chi connectivity index (χ0v) is 27.3. The summed E-state index contributed by atoms with van der Waals surface area (Å²) in [4.78, 5) is 29.1. The van der Waals surface area contributed by atoms with E-state index in [9.17, 15) is 19.1 Å². The summed E-state index contributed by atoms with van der Waals surface area (Å²) in [7, 11) is 0. The fraction of sp³-hybridized carbons (Fsp3) is 0.676. The van der Waals surface area contributed by atoms with Crippen molar-refractivity contribution in [1.82, 2.24) is 0 Å². The molecule has 0 saturated heterocycles. The number of hydrogen-bond donors (Lipinski definition) is 0. The summed E-state index contributed by atoms with van der Waals surface area (Å²) in [6, 6.07) is 12.4. The van der Waals surface area contributed by atoms with Crippen LogP contribution in [0.15, 0.2) is 42.0 Å². The highest BCUT2D eigenvalue weighted by molar-refractivity contribution is 7.67. The molecular formula is C37H47NO3S. The van der Waals surface area contributed by atoms with Gasteiger partial charge < -0.3 is 0 Å². The molecule has 8 atom stereocenters. The first kappa shape index (κ1) is 29.7. The van der Waals surface area contributed by atoms with E-state index in [2.05, 4.69) is 52.8 Å². The highest BCUT2D eigenvalue weighted by atomic mass is 32.1.